The number of amides is 1. The van der Waals surface area contributed by atoms with Crippen LogP contribution in [0, 0.1) is 29.1 Å². The zero-order valence-electron chi connectivity index (χ0n) is 16.0. The number of fused-ring (bicyclic) bond motifs is 2. The maximum atomic E-state index is 12.8. The van der Waals surface area contributed by atoms with Crippen molar-refractivity contribution in [1.29, 1.82) is 5.26 Å². The lowest BCUT2D eigenvalue weighted by Gasteiger charge is -2.44. The van der Waals surface area contributed by atoms with E-state index in [9.17, 15) is 14.7 Å². The second-order valence-electron chi connectivity index (χ2n) is 8.48. The number of likely N-dealkylation sites (tertiary alicyclic amines) is 1. The summed E-state index contributed by atoms with van der Waals surface area (Å²) >= 11 is 0. The van der Waals surface area contributed by atoms with Gasteiger partial charge in [0.15, 0.2) is 0 Å². The number of hydrogen-bond donors (Lipinski definition) is 1. The van der Waals surface area contributed by atoms with Crippen molar-refractivity contribution >= 4 is 6.09 Å². The monoisotopic (exact) mass is 385 g/mol. The van der Waals surface area contributed by atoms with Crippen molar-refractivity contribution in [2.75, 3.05) is 19.7 Å². The van der Waals surface area contributed by atoms with Crippen LogP contribution >= 0.6 is 0 Å². The Morgan fingerprint density at radius 3 is 2.93 bits per heavy atom. The van der Waals surface area contributed by atoms with E-state index in [1.807, 2.05) is 6.07 Å². The fourth-order valence-electron chi connectivity index (χ4n) is 5.35. The Hall–Kier alpha value is -2.33. The molecule has 3 aliphatic rings. The Morgan fingerprint density at radius 1 is 1.32 bits per heavy atom. The quantitative estimate of drug-likeness (QED) is 0.861. The number of nitriles is 1. The molecule has 5 atom stereocenters. The molecule has 28 heavy (non-hydrogen) atoms. The van der Waals surface area contributed by atoms with Crippen LogP contribution in [-0.4, -0.2) is 46.5 Å². The molecule has 0 radical (unpaired) electrons. The van der Waals surface area contributed by atoms with Gasteiger partial charge in [0.2, 0.25) is 0 Å². The van der Waals surface area contributed by atoms with E-state index in [0.29, 0.717) is 36.9 Å². The number of carbonyl (C=O) groups excluding carboxylic acids is 1. The Kier molecular flexibility index (Phi) is 5.40. The molecule has 1 saturated heterocycles. The Balaban J connectivity index is 1.41. The molecule has 2 heterocycles. The summed E-state index contributed by atoms with van der Waals surface area (Å²) in [6.45, 7) is 1.03. The molecule has 1 N–H and O–H groups in total. The molecule has 3 unspecified atom stereocenters. The van der Waals surface area contributed by atoms with E-state index in [4.69, 9.17) is 10.00 Å². The zero-order chi connectivity index (χ0) is 19.7. The molecule has 1 amide bonds. The van der Waals surface area contributed by atoms with Crippen molar-refractivity contribution in [2.24, 2.45) is 17.8 Å². The third kappa shape index (κ3) is 3.66. The number of aliphatic hydroxyl groups excluding tert-OH is 1. The van der Waals surface area contributed by atoms with Gasteiger partial charge >= 0.3 is 6.09 Å². The number of rotatable bonds is 3. The predicted molar refractivity (Wildman–Crippen MR) is 102 cm³/mol. The lowest BCUT2D eigenvalue weighted by molar-refractivity contribution is -0.0611. The molecule has 7 heteroatoms. The number of nitrogens with zero attached hydrogens (tertiary/aromatic N) is 3. The zero-order valence-corrected chi connectivity index (χ0v) is 16.0. The Morgan fingerprint density at radius 2 is 2.18 bits per heavy atom. The molecule has 1 aromatic heterocycles. The first-order valence-electron chi connectivity index (χ1n) is 10.3. The van der Waals surface area contributed by atoms with Crippen molar-refractivity contribution in [3.05, 3.63) is 34.2 Å². The second kappa shape index (κ2) is 7.96. The maximum Gasteiger partial charge on any atom is 0.410 e. The van der Waals surface area contributed by atoms with E-state index in [0.717, 1.165) is 19.3 Å². The average molecular weight is 385 g/mol. The van der Waals surface area contributed by atoms with E-state index in [1.54, 1.807) is 21.7 Å². The van der Waals surface area contributed by atoms with Gasteiger partial charge in [-0.2, -0.15) is 5.26 Å². The summed E-state index contributed by atoms with van der Waals surface area (Å²) in [5.41, 5.74) is 0.119. The van der Waals surface area contributed by atoms with Crippen molar-refractivity contribution in [3.63, 3.8) is 0 Å². The highest BCUT2D eigenvalue weighted by Gasteiger charge is 2.42. The highest BCUT2D eigenvalue weighted by atomic mass is 16.6. The molecule has 3 fully saturated rings. The van der Waals surface area contributed by atoms with Crippen molar-refractivity contribution in [3.8, 4) is 6.07 Å². The summed E-state index contributed by atoms with van der Waals surface area (Å²) in [6.07, 6.45) is 7.27. The Labute approximate surface area is 164 Å². The van der Waals surface area contributed by atoms with Crippen LogP contribution in [0.25, 0.3) is 0 Å². The van der Waals surface area contributed by atoms with Crippen LogP contribution in [0.2, 0.25) is 0 Å². The molecule has 4 rings (SSSR count). The fourth-order valence-corrected chi connectivity index (χ4v) is 5.35. The number of carbonyl (C=O) groups is 1. The first kappa shape index (κ1) is 19.0. The molecular weight excluding hydrogens is 358 g/mol. The summed E-state index contributed by atoms with van der Waals surface area (Å²) in [5, 5.41) is 18.7. The van der Waals surface area contributed by atoms with Crippen LogP contribution < -0.4 is 5.56 Å². The summed E-state index contributed by atoms with van der Waals surface area (Å²) in [6, 6.07) is 4.81. The fraction of sp³-hybridized carbons (Fsp3) is 0.667. The van der Waals surface area contributed by atoms with Crippen LogP contribution in [0.4, 0.5) is 4.79 Å². The highest BCUT2D eigenvalue weighted by molar-refractivity contribution is 5.68. The summed E-state index contributed by atoms with van der Waals surface area (Å²) < 4.78 is 7.51. The third-order valence-corrected chi connectivity index (χ3v) is 6.75. The van der Waals surface area contributed by atoms with Gasteiger partial charge in [-0.3, -0.25) is 4.79 Å². The molecule has 1 aromatic rings. The molecule has 150 valence electrons. The van der Waals surface area contributed by atoms with E-state index in [-0.39, 0.29) is 36.3 Å². The van der Waals surface area contributed by atoms with Crippen LogP contribution in [0.5, 0.6) is 0 Å². The van der Waals surface area contributed by atoms with Gasteiger partial charge in [-0.25, -0.2) is 4.79 Å². The SMILES string of the molecule is N#Cc1ccn([C@@H]2CCN(C(=O)O[C@H]3C(CO)CC4CCCC3C4)C2)c(=O)c1. The van der Waals surface area contributed by atoms with Gasteiger partial charge in [0.05, 0.1) is 17.7 Å². The molecule has 2 saturated carbocycles. The van der Waals surface area contributed by atoms with Gasteiger partial charge in [0.25, 0.3) is 5.56 Å². The lowest BCUT2D eigenvalue weighted by atomic mass is 9.66. The second-order valence-corrected chi connectivity index (χ2v) is 8.48. The van der Waals surface area contributed by atoms with Gasteiger partial charge in [0, 0.05) is 37.9 Å². The smallest absolute Gasteiger partial charge is 0.410 e. The van der Waals surface area contributed by atoms with Gasteiger partial charge < -0.3 is 19.3 Å². The van der Waals surface area contributed by atoms with E-state index < -0.39 is 0 Å². The molecule has 0 aromatic carbocycles. The molecule has 7 nitrogen and oxygen atoms in total. The molecule has 1 aliphatic heterocycles. The molecule has 0 spiro atoms. The number of aliphatic hydroxyl groups is 1. The minimum absolute atomic E-state index is 0.0348. The summed E-state index contributed by atoms with van der Waals surface area (Å²) in [7, 11) is 0. The normalized spacial score (nSPS) is 32.0. The molecule has 2 bridgehead atoms. The highest BCUT2D eigenvalue weighted by Crippen LogP contribution is 2.44. The minimum atomic E-state index is -0.336. The number of pyridine rings is 1. The number of hydrogen-bond acceptors (Lipinski definition) is 5. The lowest BCUT2D eigenvalue weighted by Crippen LogP contribution is -2.46. The minimum Gasteiger partial charge on any atom is -0.445 e. The van der Waals surface area contributed by atoms with Gasteiger partial charge in [-0.15, -0.1) is 0 Å². The van der Waals surface area contributed by atoms with Crippen LogP contribution in [-0.2, 0) is 4.74 Å². The first-order chi connectivity index (χ1) is 13.6. The summed E-state index contributed by atoms with van der Waals surface area (Å²) in [5.74, 6) is 1.05. The first-order valence-corrected chi connectivity index (χ1v) is 10.3. The maximum absolute atomic E-state index is 12.8. The van der Waals surface area contributed by atoms with Gasteiger partial charge in [-0.05, 0) is 43.6 Å². The Bertz CT molecular complexity index is 828. The molecular formula is C21H27N3O4. The third-order valence-electron chi connectivity index (χ3n) is 6.75. The molecule has 2 aliphatic carbocycles. The van der Waals surface area contributed by atoms with Crippen LogP contribution in [0.1, 0.15) is 50.1 Å². The number of ether oxygens (including phenoxy) is 1. The van der Waals surface area contributed by atoms with E-state index >= 15 is 0 Å². The van der Waals surface area contributed by atoms with Crippen molar-refractivity contribution in [2.45, 2.75) is 50.7 Å². The van der Waals surface area contributed by atoms with Crippen molar-refractivity contribution in [1.82, 2.24) is 9.47 Å². The van der Waals surface area contributed by atoms with E-state index in [1.165, 1.54) is 18.9 Å². The van der Waals surface area contributed by atoms with E-state index in [2.05, 4.69) is 0 Å². The van der Waals surface area contributed by atoms with Gasteiger partial charge in [-0.1, -0.05) is 12.8 Å². The number of aromatic nitrogens is 1. The topological polar surface area (TPSA) is 95.6 Å². The predicted octanol–water partition coefficient (Wildman–Crippen LogP) is 2.29. The summed E-state index contributed by atoms with van der Waals surface area (Å²) in [4.78, 5) is 26.7. The largest absolute Gasteiger partial charge is 0.445 e. The standard InChI is InChI=1S/C21H27N3O4/c22-11-15-4-7-24(19(26)10-15)18-5-6-23(12-18)21(27)28-20-16-3-1-2-14(8-16)9-17(20)13-25/h4,7,10,14,16-18,20,25H,1-3,5-6,8-9,12-13H2/t14?,16?,17?,18-,20-/m1/s1. The van der Waals surface area contributed by atoms with Gasteiger partial charge in [0.1, 0.15) is 6.10 Å². The van der Waals surface area contributed by atoms with Crippen LogP contribution in [0.3, 0.4) is 0 Å². The average Bonchev–Trinajstić information content (AvgIpc) is 3.20. The van der Waals surface area contributed by atoms with Crippen LogP contribution in [0.15, 0.2) is 23.1 Å². The van der Waals surface area contributed by atoms with Crippen molar-refractivity contribution < 1.29 is 14.6 Å².